The highest BCUT2D eigenvalue weighted by molar-refractivity contribution is 5.32. The number of aromatic nitrogens is 2. The monoisotopic (exact) mass is 248 g/mol. The van der Waals surface area contributed by atoms with Gasteiger partial charge >= 0.3 is 0 Å². The van der Waals surface area contributed by atoms with Crippen LogP contribution in [0.1, 0.15) is 38.7 Å². The van der Waals surface area contributed by atoms with Crippen molar-refractivity contribution in [2.75, 3.05) is 24.5 Å². The molecular formula is C14H24N4. The van der Waals surface area contributed by atoms with E-state index in [1.165, 1.54) is 19.3 Å². The number of anilines is 1. The minimum absolute atomic E-state index is 0.472. The van der Waals surface area contributed by atoms with Crippen molar-refractivity contribution in [1.29, 1.82) is 0 Å². The van der Waals surface area contributed by atoms with Crippen molar-refractivity contribution in [3.8, 4) is 0 Å². The Balaban J connectivity index is 2.05. The minimum atomic E-state index is 0.472. The lowest BCUT2D eigenvalue weighted by Gasteiger charge is -2.26. The van der Waals surface area contributed by atoms with E-state index in [-0.39, 0.29) is 0 Å². The molecule has 0 radical (unpaired) electrons. The molecule has 2 rings (SSSR count). The van der Waals surface area contributed by atoms with Crippen molar-refractivity contribution < 1.29 is 0 Å². The average Bonchev–Trinajstić information content (AvgIpc) is 2.85. The van der Waals surface area contributed by atoms with Crippen LogP contribution in [0.4, 0.5) is 5.95 Å². The Labute approximate surface area is 110 Å². The zero-order valence-corrected chi connectivity index (χ0v) is 11.5. The van der Waals surface area contributed by atoms with E-state index in [0.717, 1.165) is 31.0 Å². The quantitative estimate of drug-likeness (QED) is 0.866. The fourth-order valence-electron chi connectivity index (χ4n) is 2.74. The second kappa shape index (κ2) is 5.65. The van der Waals surface area contributed by atoms with Crippen LogP contribution >= 0.6 is 0 Å². The molecule has 0 amide bonds. The number of hydrogen-bond donors (Lipinski definition) is 1. The third-order valence-electron chi connectivity index (χ3n) is 4.35. The predicted molar refractivity (Wildman–Crippen MR) is 74.6 cm³/mol. The molecule has 0 aromatic carbocycles. The molecule has 4 nitrogen and oxygen atoms in total. The third-order valence-corrected chi connectivity index (χ3v) is 4.35. The van der Waals surface area contributed by atoms with Gasteiger partial charge in [0.1, 0.15) is 0 Å². The van der Waals surface area contributed by atoms with Crippen molar-refractivity contribution in [3.05, 3.63) is 18.0 Å². The van der Waals surface area contributed by atoms with Crippen LogP contribution in [0, 0.1) is 5.41 Å². The molecular weight excluding hydrogens is 224 g/mol. The zero-order valence-electron chi connectivity index (χ0n) is 11.5. The Morgan fingerprint density at radius 1 is 1.28 bits per heavy atom. The second-order valence-electron chi connectivity index (χ2n) is 5.31. The van der Waals surface area contributed by atoms with Crippen LogP contribution in [-0.2, 0) is 6.42 Å². The van der Waals surface area contributed by atoms with Crippen LogP contribution in [-0.4, -0.2) is 29.6 Å². The Morgan fingerprint density at radius 3 is 2.44 bits per heavy atom. The Bertz CT molecular complexity index is 370. The van der Waals surface area contributed by atoms with Gasteiger partial charge in [-0.1, -0.05) is 13.8 Å². The van der Waals surface area contributed by atoms with Gasteiger partial charge in [0.15, 0.2) is 0 Å². The van der Waals surface area contributed by atoms with Gasteiger partial charge in [0.25, 0.3) is 0 Å². The summed E-state index contributed by atoms with van der Waals surface area (Å²) in [6, 6.07) is 0. The van der Waals surface area contributed by atoms with Gasteiger partial charge in [-0.05, 0) is 43.2 Å². The van der Waals surface area contributed by atoms with Crippen LogP contribution < -0.4 is 10.6 Å². The van der Waals surface area contributed by atoms with Crippen molar-refractivity contribution >= 4 is 5.95 Å². The molecule has 2 heterocycles. The molecule has 1 fully saturated rings. The van der Waals surface area contributed by atoms with E-state index in [1.54, 1.807) is 0 Å². The van der Waals surface area contributed by atoms with Crippen LogP contribution in [0.25, 0.3) is 0 Å². The molecule has 100 valence electrons. The molecule has 1 aliphatic rings. The third kappa shape index (κ3) is 2.64. The van der Waals surface area contributed by atoms with Gasteiger partial charge in [0.2, 0.25) is 5.95 Å². The van der Waals surface area contributed by atoms with Crippen molar-refractivity contribution in [2.45, 2.75) is 39.5 Å². The van der Waals surface area contributed by atoms with E-state index >= 15 is 0 Å². The summed E-state index contributed by atoms with van der Waals surface area (Å²) in [6.45, 7) is 7.41. The second-order valence-corrected chi connectivity index (χ2v) is 5.31. The molecule has 0 spiro atoms. The van der Waals surface area contributed by atoms with Gasteiger partial charge < -0.3 is 10.6 Å². The van der Waals surface area contributed by atoms with E-state index in [0.29, 0.717) is 12.0 Å². The lowest BCUT2D eigenvalue weighted by molar-refractivity contribution is 0.301. The smallest absolute Gasteiger partial charge is 0.225 e. The molecule has 0 unspecified atom stereocenters. The lowest BCUT2D eigenvalue weighted by atomic mass is 9.82. The van der Waals surface area contributed by atoms with Crippen molar-refractivity contribution in [2.24, 2.45) is 11.1 Å². The highest BCUT2D eigenvalue weighted by Crippen LogP contribution is 2.37. The molecule has 1 aromatic rings. The molecule has 4 heteroatoms. The predicted octanol–water partition coefficient (Wildman–Crippen LogP) is 1.99. The molecule has 18 heavy (non-hydrogen) atoms. The zero-order chi connectivity index (χ0) is 13.0. The molecule has 0 aliphatic carbocycles. The summed E-state index contributed by atoms with van der Waals surface area (Å²) in [5.74, 6) is 0.875. The molecule has 2 N–H and O–H groups in total. The molecule has 0 saturated carbocycles. The SMILES string of the molecule is CCC1(CC)CCN(c2ncc(CCN)cn2)C1. The van der Waals surface area contributed by atoms with E-state index in [9.17, 15) is 0 Å². The van der Waals surface area contributed by atoms with Gasteiger partial charge in [-0.15, -0.1) is 0 Å². The topological polar surface area (TPSA) is 55.0 Å². The first-order chi connectivity index (χ1) is 8.73. The van der Waals surface area contributed by atoms with E-state index in [4.69, 9.17) is 5.73 Å². The highest BCUT2D eigenvalue weighted by atomic mass is 15.3. The van der Waals surface area contributed by atoms with Gasteiger partial charge in [-0.25, -0.2) is 9.97 Å². The summed E-state index contributed by atoms with van der Waals surface area (Å²) in [4.78, 5) is 11.3. The van der Waals surface area contributed by atoms with Crippen molar-refractivity contribution in [3.63, 3.8) is 0 Å². The van der Waals surface area contributed by atoms with E-state index in [2.05, 4.69) is 28.7 Å². The Morgan fingerprint density at radius 2 is 1.94 bits per heavy atom. The fraction of sp³-hybridized carbons (Fsp3) is 0.714. The van der Waals surface area contributed by atoms with Crippen LogP contribution in [0.3, 0.4) is 0 Å². The van der Waals surface area contributed by atoms with Gasteiger partial charge in [0, 0.05) is 25.5 Å². The Hall–Kier alpha value is -1.16. The molecule has 0 atom stereocenters. The Kier molecular flexibility index (Phi) is 4.17. The first kappa shape index (κ1) is 13.3. The molecule has 0 bridgehead atoms. The standard InChI is InChI=1S/C14H24N4/c1-3-14(4-2)6-8-18(11-14)13-16-9-12(5-7-15)10-17-13/h9-10H,3-8,11,15H2,1-2H3. The van der Waals surface area contributed by atoms with E-state index in [1.807, 2.05) is 12.4 Å². The van der Waals surface area contributed by atoms with Crippen LogP contribution in [0.5, 0.6) is 0 Å². The normalized spacial score (nSPS) is 18.3. The number of rotatable bonds is 5. The average molecular weight is 248 g/mol. The maximum atomic E-state index is 5.53. The summed E-state index contributed by atoms with van der Waals surface area (Å²) in [6.07, 6.45) is 8.42. The van der Waals surface area contributed by atoms with E-state index < -0.39 is 0 Å². The minimum Gasteiger partial charge on any atom is -0.340 e. The number of nitrogens with two attached hydrogens (primary N) is 1. The van der Waals surface area contributed by atoms with Crippen molar-refractivity contribution in [1.82, 2.24) is 9.97 Å². The molecule has 1 saturated heterocycles. The largest absolute Gasteiger partial charge is 0.340 e. The first-order valence-electron chi connectivity index (χ1n) is 6.99. The number of nitrogens with zero attached hydrogens (tertiary/aromatic N) is 3. The molecule has 1 aliphatic heterocycles. The van der Waals surface area contributed by atoms with Crippen LogP contribution in [0.15, 0.2) is 12.4 Å². The highest BCUT2D eigenvalue weighted by Gasteiger charge is 2.35. The van der Waals surface area contributed by atoms with Crippen LogP contribution in [0.2, 0.25) is 0 Å². The summed E-state index contributed by atoms with van der Waals surface area (Å²) in [5, 5.41) is 0. The lowest BCUT2D eigenvalue weighted by Crippen LogP contribution is -2.27. The summed E-state index contributed by atoms with van der Waals surface area (Å²) < 4.78 is 0. The summed E-state index contributed by atoms with van der Waals surface area (Å²) in [7, 11) is 0. The maximum absolute atomic E-state index is 5.53. The maximum Gasteiger partial charge on any atom is 0.225 e. The molecule has 1 aromatic heterocycles. The van der Waals surface area contributed by atoms with Gasteiger partial charge in [-0.3, -0.25) is 0 Å². The number of hydrogen-bond acceptors (Lipinski definition) is 4. The summed E-state index contributed by atoms with van der Waals surface area (Å²) in [5.41, 5.74) is 7.12. The summed E-state index contributed by atoms with van der Waals surface area (Å²) >= 11 is 0. The van der Waals surface area contributed by atoms with Gasteiger partial charge in [-0.2, -0.15) is 0 Å². The van der Waals surface area contributed by atoms with Gasteiger partial charge in [0.05, 0.1) is 0 Å². The fourth-order valence-corrected chi connectivity index (χ4v) is 2.74. The first-order valence-corrected chi connectivity index (χ1v) is 6.99.